The number of hydrogen-bond donors (Lipinski definition) is 7. The molecular formula is C32H50N6O6S. The molecule has 12 nitrogen and oxygen atoms in total. The number of nitrogens with two attached hydrogens (primary N) is 1. The number of hydrogen-bond acceptors (Lipinski definition) is 8. The lowest BCUT2D eigenvalue weighted by atomic mass is 9.89. The first-order valence-electron chi connectivity index (χ1n) is 15.3. The Morgan fingerprint density at radius 2 is 1.56 bits per heavy atom. The number of nitrogens with zero attached hydrogens (tertiary/aromatic N) is 1. The summed E-state index contributed by atoms with van der Waals surface area (Å²) in [4.78, 5) is 22.4. The molecule has 0 bridgehead atoms. The third kappa shape index (κ3) is 11.8. The van der Waals surface area contributed by atoms with E-state index in [2.05, 4.69) is 34.3 Å². The Morgan fingerprint density at radius 1 is 0.978 bits per heavy atom. The van der Waals surface area contributed by atoms with E-state index < -0.39 is 28.0 Å². The average molecular weight is 647 g/mol. The molecule has 1 heterocycles. The molecule has 3 rings (SSSR count). The van der Waals surface area contributed by atoms with Crippen LogP contribution in [-0.4, -0.2) is 80.2 Å². The molecule has 0 amide bonds. The van der Waals surface area contributed by atoms with Gasteiger partial charge in [0.25, 0.3) is 0 Å². The van der Waals surface area contributed by atoms with Crippen LogP contribution in [0, 0.1) is 5.41 Å². The molecule has 0 saturated carbocycles. The van der Waals surface area contributed by atoms with Crippen LogP contribution in [0.4, 0.5) is 0 Å². The summed E-state index contributed by atoms with van der Waals surface area (Å²) >= 11 is 0. The molecule has 45 heavy (non-hydrogen) atoms. The van der Waals surface area contributed by atoms with E-state index in [9.17, 15) is 23.1 Å². The molecule has 1 atom stereocenters. The number of hydrazine groups is 1. The van der Waals surface area contributed by atoms with Crippen molar-refractivity contribution >= 4 is 27.8 Å². The number of benzene rings is 2. The van der Waals surface area contributed by atoms with Crippen LogP contribution in [0.3, 0.4) is 0 Å². The largest absolute Gasteiger partial charge is 0.481 e. The zero-order chi connectivity index (χ0) is 33.9. The first-order chi connectivity index (χ1) is 21.0. The maximum absolute atomic E-state index is 13.6. The van der Waals surface area contributed by atoms with Gasteiger partial charge < -0.3 is 21.3 Å². The van der Waals surface area contributed by atoms with Gasteiger partial charge >= 0.3 is 11.9 Å². The molecule has 0 radical (unpaired) electrons. The lowest BCUT2D eigenvalue weighted by Gasteiger charge is -2.27. The number of carboxylic acids is 2. The van der Waals surface area contributed by atoms with E-state index in [0.717, 1.165) is 31.7 Å². The second-order valence-electron chi connectivity index (χ2n) is 12.1. The average Bonchev–Trinajstić information content (AvgIpc) is 2.96. The molecule has 1 saturated heterocycles. The van der Waals surface area contributed by atoms with Crippen molar-refractivity contribution < 1.29 is 28.2 Å². The molecule has 1 fully saturated rings. The molecule has 1 aliphatic heterocycles. The summed E-state index contributed by atoms with van der Waals surface area (Å²) in [6.45, 7) is 16.2. The van der Waals surface area contributed by atoms with Crippen molar-refractivity contribution in [1.82, 2.24) is 20.5 Å². The van der Waals surface area contributed by atoms with E-state index >= 15 is 0 Å². The van der Waals surface area contributed by atoms with E-state index in [1.54, 1.807) is 24.3 Å². The standard InChI is InChI=1S/C25H35N3O4S.C7H15N3O2/c1-14(2)19-12-20(15(3)4)23(21(13-19)16(5)6)33(31,32)28-22(25(29)30)11-17-8-7-9-18(10-17)24(26)27;11-7(12)1-2-9-10-5-3-8-4-6-10/h7-10,12-16,22,28H,11H2,1-6H3,(H3,26,27)(H,29,30);8-9H,1-6H2,(H,11,12)/t22-;/m0./s1. The first-order valence-corrected chi connectivity index (χ1v) is 16.8. The van der Waals surface area contributed by atoms with Crippen molar-refractivity contribution in [3.8, 4) is 0 Å². The van der Waals surface area contributed by atoms with Crippen LogP contribution >= 0.6 is 0 Å². The van der Waals surface area contributed by atoms with Crippen molar-refractivity contribution in [2.45, 2.75) is 83.1 Å². The SMILES string of the molecule is CC(C)c1cc(C(C)C)c(S(=O)(=O)N[C@@H](Cc2cccc(C(=N)N)c2)C(=O)O)c(C(C)C)c1.O=C(O)CCNN1CCNCC1. The van der Waals surface area contributed by atoms with Crippen molar-refractivity contribution in [2.75, 3.05) is 32.7 Å². The smallest absolute Gasteiger partial charge is 0.322 e. The molecule has 2 aromatic carbocycles. The fraction of sp³-hybridized carbons (Fsp3) is 0.531. The third-order valence-corrected chi connectivity index (χ3v) is 9.02. The normalized spacial score (nSPS) is 14.7. The molecular weight excluding hydrogens is 596 g/mol. The molecule has 0 unspecified atom stereocenters. The van der Waals surface area contributed by atoms with Crippen LogP contribution in [0.15, 0.2) is 41.3 Å². The minimum Gasteiger partial charge on any atom is -0.481 e. The van der Waals surface area contributed by atoms with E-state index in [1.807, 2.05) is 39.8 Å². The Kier molecular flexibility index (Phi) is 14.6. The summed E-state index contributed by atoms with van der Waals surface area (Å²) in [5, 5.41) is 31.0. The highest BCUT2D eigenvalue weighted by molar-refractivity contribution is 7.89. The predicted octanol–water partition coefficient (Wildman–Crippen LogP) is 3.19. The van der Waals surface area contributed by atoms with Gasteiger partial charge in [0, 0.05) is 38.3 Å². The van der Waals surface area contributed by atoms with Crippen molar-refractivity contribution in [2.24, 2.45) is 5.73 Å². The molecule has 0 aromatic heterocycles. The Bertz CT molecular complexity index is 1390. The van der Waals surface area contributed by atoms with Gasteiger partial charge in [-0.25, -0.2) is 13.4 Å². The van der Waals surface area contributed by atoms with Crippen molar-refractivity contribution in [3.05, 3.63) is 64.2 Å². The van der Waals surface area contributed by atoms with E-state index in [0.29, 0.717) is 28.8 Å². The molecule has 0 spiro atoms. The molecule has 1 aliphatic rings. The van der Waals surface area contributed by atoms with Crippen LogP contribution in [0.25, 0.3) is 0 Å². The monoisotopic (exact) mass is 646 g/mol. The Labute approximate surface area is 267 Å². The van der Waals surface area contributed by atoms with Gasteiger partial charge in [0.2, 0.25) is 10.0 Å². The highest BCUT2D eigenvalue weighted by Crippen LogP contribution is 2.35. The summed E-state index contributed by atoms with van der Waals surface area (Å²) in [5.74, 6) is -2.07. The van der Waals surface area contributed by atoms with Crippen LogP contribution in [0.2, 0.25) is 0 Å². The van der Waals surface area contributed by atoms with Crippen LogP contribution in [0.5, 0.6) is 0 Å². The minimum atomic E-state index is -4.14. The highest BCUT2D eigenvalue weighted by atomic mass is 32.2. The Balaban J connectivity index is 0.000000490. The van der Waals surface area contributed by atoms with Gasteiger partial charge in [-0.1, -0.05) is 71.9 Å². The van der Waals surface area contributed by atoms with Crippen LogP contribution < -0.4 is 21.2 Å². The van der Waals surface area contributed by atoms with Gasteiger partial charge in [-0.05, 0) is 52.5 Å². The first kappa shape index (κ1) is 37.8. The second-order valence-corrected chi connectivity index (χ2v) is 13.8. The Hall–Kier alpha value is -3.36. The minimum absolute atomic E-state index is 0.0664. The van der Waals surface area contributed by atoms with Crippen molar-refractivity contribution in [1.29, 1.82) is 5.41 Å². The fourth-order valence-electron chi connectivity index (χ4n) is 4.87. The zero-order valence-corrected chi connectivity index (χ0v) is 28.0. The maximum atomic E-state index is 13.6. The summed E-state index contributed by atoms with van der Waals surface area (Å²) in [5.41, 5.74) is 12.0. The van der Waals surface area contributed by atoms with Crippen LogP contribution in [0.1, 0.15) is 93.5 Å². The third-order valence-electron chi connectivity index (χ3n) is 7.41. The Morgan fingerprint density at radius 3 is 2.02 bits per heavy atom. The number of piperazine rings is 1. The summed E-state index contributed by atoms with van der Waals surface area (Å²) in [6, 6.07) is 9.06. The highest BCUT2D eigenvalue weighted by Gasteiger charge is 2.31. The quantitative estimate of drug-likeness (QED) is 0.118. The lowest BCUT2D eigenvalue weighted by molar-refractivity contribution is -0.139. The van der Waals surface area contributed by atoms with E-state index in [1.165, 1.54) is 0 Å². The number of carbonyl (C=O) groups is 2. The van der Waals surface area contributed by atoms with Gasteiger partial charge in [-0.3, -0.25) is 20.4 Å². The number of aliphatic carboxylic acids is 2. The molecule has 13 heteroatoms. The zero-order valence-electron chi connectivity index (χ0n) is 27.2. The van der Waals surface area contributed by atoms with Gasteiger partial charge in [0.1, 0.15) is 11.9 Å². The van der Waals surface area contributed by atoms with Crippen molar-refractivity contribution in [3.63, 3.8) is 0 Å². The van der Waals surface area contributed by atoms with Gasteiger partial charge in [0.05, 0.1) is 11.3 Å². The number of nitrogen functional groups attached to an aromatic ring is 1. The van der Waals surface area contributed by atoms with E-state index in [4.69, 9.17) is 16.2 Å². The molecule has 0 aliphatic carbocycles. The number of amidine groups is 1. The summed E-state index contributed by atoms with van der Waals surface area (Å²) in [6.07, 6.45) is 0.109. The lowest BCUT2D eigenvalue weighted by Crippen LogP contribution is -2.50. The van der Waals surface area contributed by atoms with Gasteiger partial charge in [-0.2, -0.15) is 4.72 Å². The number of nitrogens with one attached hydrogen (secondary N) is 4. The summed E-state index contributed by atoms with van der Waals surface area (Å²) in [7, 11) is -4.14. The number of sulfonamides is 1. The molecule has 2 aromatic rings. The predicted molar refractivity (Wildman–Crippen MR) is 176 cm³/mol. The topological polar surface area (TPSA) is 198 Å². The van der Waals surface area contributed by atoms with Gasteiger partial charge in [-0.15, -0.1) is 0 Å². The van der Waals surface area contributed by atoms with E-state index in [-0.39, 0.29) is 41.3 Å². The fourth-order valence-corrected chi connectivity index (χ4v) is 6.76. The van der Waals surface area contributed by atoms with Crippen LogP contribution in [-0.2, 0) is 26.0 Å². The molecule has 8 N–H and O–H groups in total. The molecule has 250 valence electrons. The summed E-state index contributed by atoms with van der Waals surface area (Å²) < 4.78 is 29.7. The number of rotatable bonds is 14. The van der Waals surface area contributed by atoms with Gasteiger partial charge in [0.15, 0.2) is 0 Å². The maximum Gasteiger partial charge on any atom is 0.322 e. The second kappa shape index (κ2) is 17.4. The number of carboxylic acid groups (broad SMARTS) is 2.